The maximum Gasteiger partial charge on any atom is 0.0645 e. The molecule has 0 bridgehead atoms. The third-order valence-corrected chi connectivity index (χ3v) is 2.01. The van der Waals surface area contributed by atoms with Crippen LogP contribution < -0.4 is 0 Å². The normalized spacial score (nSPS) is 8.83. The fourth-order valence-corrected chi connectivity index (χ4v) is 1.21. The van der Waals surface area contributed by atoms with Gasteiger partial charge in [0.1, 0.15) is 0 Å². The van der Waals surface area contributed by atoms with E-state index in [9.17, 15) is 0 Å². The van der Waals surface area contributed by atoms with E-state index in [1.807, 2.05) is 0 Å². The molecule has 12 heavy (non-hydrogen) atoms. The Bertz CT molecular complexity index is 304. The minimum atomic E-state index is 0.763. The summed E-state index contributed by atoms with van der Waals surface area (Å²) in [5.74, 6) is 6.09. The minimum absolute atomic E-state index is 0.763. The summed E-state index contributed by atoms with van der Waals surface area (Å²) in [5.41, 5.74) is 2.65. The van der Waals surface area contributed by atoms with Crippen LogP contribution in [0, 0.1) is 18.8 Å². The molecular weight excluding hydrogens is 212 g/mol. The summed E-state index contributed by atoms with van der Waals surface area (Å²) in [4.78, 5) is 0. The molecule has 0 fully saturated rings. The molecule has 0 saturated carbocycles. The highest BCUT2D eigenvalue weighted by Crippen LogP contribution is 2.06. The number of hydrogen-bond acceptors (Lipinski definition) is 0. The summed E-state index contributed by atoms with van der Waals surface area (Å²) < 4.78 is 0. The molecule has 0 unspecified atom stereocenters. The van der Waals surface area contributed by atoms with Gasteiger partial charge in [-0.1, -0.05) is 52.0 Å². The summed E-state index contributed by atoms with van der Waals surface area (Å²) in [5, 5.41) is 0.763. The van der Waals surface area contributed by atoms with E-state index in [1.165, 1.54) is 11.1 Å². The smallest absolute Gasteiger partial charge is 0.0645 e. The summed E-state index contributed by atoms with van der Waals surface area (Å²) in [6.45, 7) is 2.12. The van der Waals surface area contributed by atoms with Crippen LogP contribution in [0.25, 0.3) is 0 Å². The monoisotopic (exact) mass is 222 g/mol. The van der Waals surface area contributed by atoms with Gasteiger partial charge in [-0.15, -0.1) is 0 Å². The molecule has 62 valence electrons. The Kier molecular flexibility index (Phi) is 3.90. The highest BCUT2D eigenvalue weighted by molar-refractivity contribution is 9.09. The lowest BCUT2D eigenvalue weighted by Gasteiger charge is -1.98. The summed E-state index contributed by atoms with van der Waals surface area (Å²) in [7, 11) is 0. The van der Waals surface area contributed by atoms with Crippen LogP contribution in [0.3, 0.4) is 0 Å². The van der Waals surface area contributed by atoms with Gasteiger partial charge in [-0.05, 0) is 18.1 Å². The van der Waals surface area contributed by atoms with Gasteiger partial charge < -0.3 is 0 Å². The molecule has 0 aromatic heterocycles. The van der Waals surface area contributed by atoms with Crippen molar-refractivity contribution in [3.05, 3.63) is 35.4 Å². The third kappa shape index (κ3) is 2.71. The molecule has 1 rings (SSSR count). The quantitative estimate of drug-likeness (QED) is 0.507. The molecule has 0 amide bonds. The van der Waals surface area contributed by atoms with E-state index in [0.717, 1.165) is 11.8 Å². The Morgan fingerprint density at radius 2 is 2.00 bits per heavy atom. The lowest BCUT2D eigenvalue weighted by atomic mass is 10.1. The Balaban J connectivity index is 2.69. The van der Waals surface area contributed by atoms with Crippen molar-refractivity contribution in [3.8, 4) is 11.8 Å². The fourth-order valence-electron chi connectivity index (χ4n) is 1.01. The molecule has 0 aliphatic carbocycles. The SMILES string of the molecule is Cc1ccccc1CC#CCBr. The number of hydrogen-bond donors (Lipinski definition) is 0. The number of alkyl halides is 1. The first-order chi connectivity index (χ1) is 5.84. The van der Waals surface area contributed by atoms with Crippen molar-refractivity contribution in [3.63, 3.8) is 0 Å². The predicted molar refractivity (Wildman–Crippen MR) is 56.5 cm³/mol. The van der Waals surface area contributed by atoms with Gasteiger partial charge in [-0.3, -0.25) is 0 Å². The van der Waals surface area contributed by atoms with E-state index < -0.39 is 0 Å². The zero-order chi connectivity index (χ0) is 8.81. The second kappa shape index (κ2) is 5.00. The molecule has 0 atom stereocenters. The lowest BCUT2D eigenvalue weighted by molar-refractivity contribution is 1.25. The molecule has 1 heteroatoms. The fraction of sp³-hybridized carbons (Fsp3) is 0.273. The van der Waals surface area contributed by atoms with Crippen LogP contribution in [0.4, 0.5) is 0 Å². The van der Waals surface area contributed by atoms with Crippen LogP contribution in [0.2, 0.25) is 0 Å². The lowest BCUT2D eigenvalue weighted by Crippen LogP contribution is -1.85. The van der Waals surface area contributed by atoms with Crippen molar-refractivity contribution in [1.29, 1.82) is 0 Å². The second-order valence-corrected chi connectivity index (χ2v) is 3.15. The average molecular weight is 223 g/mol. The molecule has 0 aliphatic heterocycles. The van der Waals surface area contributed by atoms with Crippen LogP contribution >= 0.6 is 15.9 Å². The van der Waals surface area contributed by atoms with Gasteiger partial charge in [0.25, 0.3) is 0 Å². The molecule has 0 nitrogen and oxygen atoms in total. The molecule has 0 N–H and O–H groups in total. The molecule has 0 radical (unpaired) electrons. The minimum Gasteiger partial charge on any atom is -0.0976 e. The maximum absolute atomic E-state index is 3.27. The summed E-state index contributed by atoms with van der Waals surface area (Å²) in [6.07, 6.45) is 0.859. The van der Waals surface area contributed by atoms with Gasteiger partial charge in [-0.2, -0.15) is 0 Å². The zero-order valence-corrected chi connectivity index (χ0v) is 8.69. The maximum atomic E-state index is 3.27. The van der Waals surface area contributed by atoms with Gasteiger partial charge in [0.05, 0.1) is 5.33 Å². The van der Waals surface area contributed by atoms with Crippen LogP contribution in [0.15, 0.2) is 24.3 Å². The largest absolute Gasteiger partial charge is 0.0976 e. The van der Waals surface area contributed by atoms with Crippen LogP contribution in [-0.4, -0.2) is 5.33 Å². The van der Waals surface area contributed by atoms with Crippen molar-refractivity contribution in [2.75, 3.05) is 5.33 Å². The Hall–Kier alpha value is -0.740. The van der Waals surface area contributed by atoms with Gasteiger partial charge in [0.2, 0.25) is 0 Å². The van der Waals surface area contributed by atoms with E-state index in [2.05, 4.69) is 59.0 Å². The van der Waals surface area contributed by atoms with E-state index in [0.29, 0.717) is 0 Å². The second-order valence-electron chi connectivity index (χ2n) is 2.59. The first-order valence-electron chi connectivity index (χ1n) is 3.91. The van der Waals surface area contributed by atoms with Crippen LogP contribution in [0.1, 0.15) is 11.1 Å². The first-order valence-corrected chi connectivity index (χ1v) is 5.03. The number of rotatable bonds is 1. The molecule has 0 saturated heterocycles. The molecule has 0 heterocycles. The van der Waals surface area contributed by atoms with Gasteiger partial charge in [0.15, 0.2) is 0 Å². The van der Waals surface area contributed by atoms with Crippen molar-refractivity contribution in [2.24, 2.45) is 0 Å². The molecule has 1 aromatic rings. The van der Waals surface area contributed by atoms with Crippen molar-refractivity contribution in [2.45, 2.75) is 13.3 Å². The number of halogens is 1. The topological polar surface area (TPSA) is 0 Å². The van der Waals surface area contributed by atoms with E-state index in [1.54, 1.807) is 0 Å². The third-order valence-electron chi connectivity index (χ3n) is 1.73. The van der Waals surface area contributed by atoms with E-state index in [-0.39, 0.29) is 0 Å². The zero-order valence-electron chi connectivity index (χ0n) is 7.10. The molecular formula is C11H11Br. The Labute approximate surface area is 82.1 Å². The van der Waals surface area contributed by atoms with E-state index >= 15 is 0 Å². The molecule has 0 spiro atoms. The Morgan fingerprint density at radius 3 is 2.67 bits per heavy atom. The number of aryl methyl sites for hydroxylation is 1. The summed E-state index contributed by atoms with van der Waals surface area (Å²) >= 11 is 3.27. The predicted octanol–water partition coefficient (Wildman–Crippen LogP) is 2.94. The van der Waals surface area contributed by atoms with E-state index in [4.69, 9.17) is 0 Å². The number of benzene rings is 1. The molecule has 0 aliphatic rings. The van der Waals surface area contributed by atoms with Crippen molar-refractivity contribution >= 4 is 15.9 Å². The highest BCUT2D eigenvalue weighted by atomic mass is 79.9. The highest BCUT2D eigenvalue weighted by Gasteiger charge is 1.91. The van der Waals surface area contributed by atoms with Crippen molar-refractivity contribution in [1.82, 2.24) is 0 Å². The van der Waals surface area contributed by atoms with Gasteiger partial charge >= 0.3 is 0 Å². The summed E-state index contributed by atoms with van der Waals surface area (Å²) in [6, 6.07) is 8.35. The van der Waals surface area contributed by atoms with Crippen LogP contribution in [0.5, 0.6) is 0 Å². The Morgan fingerprint density at radius 1 is 1.25 bits per heavy atom. The van der Waals surface area contributed by atoms with Crippen LogP contribution in [-0.2, 0) is 6.42 Å². The van der Waals surface area contributed by atoms with Crippen molar-refractivity contribution < 1.29 is 0 Å². The molecule has 1 aromatic carbocycles. The van der Waals surface area contributed by atoms with Gasteiger partial charge in [-0.25, -0.2) is 0 Å². The average Bonchev–Trinajstić information content (AvgIpc) is 2.09. The van der Waals surface area contributed by atoms with Gasteiger partial charge in [0, 0.05) is 6.42 Å². The first kappa shape index (κ1) is 9.35. The standard InChI is InChI=1S/C11H11Br/c1-10-6-2-3-7-11(10)8-4-5-9-12/h2-3,6-7H,8-9H2,1H3.